The first kappa shape index (κ1) is 14.8. The molecule has 1 aromatic rings. The highest BCUT2D eigenvalue weighted by Gasteiger charge is 2.41. The van der Waals surface area contributed by atoms with Crippen LogP contribution in [0.3, 0.4) is 0 Å². The second-order valence-corrected chi connectivity index (χ2v) is 4.64. The van der Waals surface area contributed by atoms with Crippen molar-refractivity contribution < 1.29 is 29.3 Å². The number of amides is 1. The fourth-order valence-corrected chi connectivity index (χ4v) is 2.31. The van der Waals surface area contributed by atoms with Crippen LogP contribution in [0.1, 0.15) is 19.8 Å². The molecule has 0 aromatic heterocycles. The van der Waals surface area contributed by atoms with Crippen molar-refractivity contribution in [1.82, 2.24) is 0 Å². The number of para-hydroxylation sites is 2. The predicted molar refractivity (Wildman–Crippen MR) is 72.3 cm³/mol. The molecule has 1 heterocycles. The number of hydrogen-bond donors (Lipinski definition) is 2. The lowest BCUT2D eigenvalue weighted by Gasteiger charge is -2.36. The predicted octanol–water partition coefficient (Wildman–Crippen LogP) is 1.12. The van der Waals surface area contributed by atoms with E-state index < -0.39 is 36.4 Å². The third-order valence-electron chi connectivity index (χ3n) is 3.25. The number of fused-ring (bicyclic) bond motifs is 1. The van der Waals surface area contributed by atoms with E-state index >= 15 is 0 Å². The van der Waals surface area contributed by atoms with Crippen molar-refractivity contribution in [1.29, 1.82) is 0 Å². The molecule has 0 saturated carbocycles. The van der Waals surface area contributed by atoms with Crippen molar-refractivity contribution in [3.8, 4) is 5.75 Å². The molecule has 0 aliphatic carbocycles. The van der Waals surface area contributed by atoms with Crippen molar-refractivity contribution in [2.45, 2.75) is 31.9 Å². The number of aliphatic carboxylic acids is 2. The summed E-state index contributed by atoms with van der Waals surface area (Å²) in [5, 5.41) is 18.1. The summed E-state index contributed by atoms with van der Waals surface area (Å²) in [5.41, 5.74) is 0.346. The van der Waals surface area contributed by atoms with Gasteiger partial charge in [-0.1, -0.05) is 19.1 Å². The van der Waals surface area contributed by atoms with Gasteiger partial charge in [0.25, 0.3) is 5.91 Å². The van der Waals surface area contributed by atoms with E-state index in [0.717, 1.165) is 4.90 Å². The van der Waals surface area contributed by atoms with Gasteiger partial charge in [0.2, 0.25) is 0 Å². The Balaban J connectivity index is 2.47. The summed E-state index contributed by atoms with van der Waals surface area (Å²) in [6, 6.07) is 5.44. The molecule has 0 fully saturated rings. The number of carbonyl (C=O) groups excluding carboxylic acids is 1. The molecule has 1 aliphatic rings. The molecule has 0 radical (unpaired) electrons. The van der Waals surface area contributed by atoms with Gasteiger partial charge in [0.15, 0.2) is 6.10 Å². The van der Waals surface area contributed by atoms with Crippen LogP contribution in [0, 0.1) is 0 Å². The van der Waals surface area contributed by atoms with Gasteiger partial charge in [-0.15, -0.1) is 0 Å². The molecular weight excluding hydrogens is 278 g/mol. The molecule has 112 valence electrons. The van der Waals surface area contributed by atoms with E-state index in [-0.39, 0.29) is 6.42 Å². The molecule has 1 aliphatic heterocycles. The molecule has 7 heteroatoms. The van der Waals surface area contributed by atoms with Crippen LogP contribution in [-0.2, 0) is 14.4 Å². The van der Waals surface area contributed by atoms with Crippen LogP contribution >= 0.6 is 0 Å². The van der Waals surface area contributed by atoms with Crippen LogP contribution < -0.4 is 9.64 Å². The maximum atomic E-state index is 12.4. The minimum atomic E-state index is -1.22. The van der Waals surface area contributed by atoms with Crippen molar-refractivity contribution in [3.63, 3.8) is 0 Å². The van der Waals surface area contributed by atoms with Crippen LogP contribution in [0.5, 0.6) is 5.75 Å². The Morgan fingerprint density at radius 3 is 2.57 bits per heavy atom. The van der Waals surface area contributed by atoms with Crippen LogP contribution in [0.15, 0.2) is 24.3 Å². The normalized spacial score (nSPS) is 18.6. The van der Waals surface area contributed by atoms with Crippen molar-refractivity contribution in [3.05, 3.63) is 24.3 Å². The van der Waals surface area contributed by atoms with E-state index in [2.05, 4.69) is 0 Å². The lowest BCUT2D eigenvalue weighted by molar-refractivity contribution is -0.144. The second-order valence-electron chi connectivity index (χ2n) is 4.64. The van der Waals surface area contributed by atoms with Gasteiger partial charge in [0.1, 0.15) is 11.8 Å². The van der Waals surface area contributed by atoms with Gasteiger partial charge >= 0.3 is 11.9 Å². The van der Waals surface area contributed by atoms with Crippen LogP contribution in [0.25, 0.3) is 0 Å². The molecule has 0 bridgehead atoms. The standard InChI is InChI=1S/C14H15NO6/c1-2-8(14(19)20)15-9-5-3-4-6-10(9)21-11(13(15)18)7-12(16)17/h3-6,8,11H,2,7H2,1H3,(H,16,17)(H,19,20). The Kier molecular flexibility index (Phi) is 4.11. The number of carboxylic acid groups (broad SMARTS) is 2. The fourth-order valence-electron chi connectivity index (χ4n) is 2.31. The highest BCUT2D eigenvalue weighted by Crippen LogP contribution is 2.36. The Bertz CT molecular complexity index is 585. The lowest BCUT2D eigenvalue weighted by Crippen LogP contribution is -2.53. The van der Waals surface area contributed by atoms with E-state index in [1.54, 1.807) is 31.2 Å². The number of anilines is 1. The van der Waals surface area contributed by atoms with Gasteiger partial charge in [-0.05, 0) is 18.6 Å². The summed E-state index contributed by atoms with van der Waals surface area (Å²) < 4.78 is 5.39. The summed E-state index contributed by atoms with van der Waals surface area (Å²) in [7, 11) is 0. The van der Waals surface area contributed by atoms with E-state index in [0.29, 0.717) is 11.4 Å². The van der Waals surface area contributed by atoms with Crippen LogP contribution in [0.2, 0.25) is 0 Å². The van der Waals surface area contributed by atoms with E-state index in [9.17, 15) is 19.5 Å². The largest absolute Gasteiger partial charge is 0.481 e. The zero-order valence-electron chi connectivity index (χ0n) is 11.4. The van der Waals surface area contributed by atoms with E-state index in [1.807, 2.05) is 0 Å². The Hall–Kier alpha value is -2.57. The topological polar surface area (TPSA) is 104 Å². The Labute approximate surface area is 120 Å². The summed E-state index contributed by atoms with van der Waals surface area (Å²) >= 11 is 0. The fraction of sp³-hybridized carbons (Fsp3) is 0.357. The first-order valence-corrected chi connectivity index (χ1v) is 6.49. The second kappa shape index (κ2) is 5.82. The number of carboxylic acids is 2. The third-order valence-corrected chi connectivity index (χ3v) is 3.25. The highest BCUT2D eigenvalue weighted by atomic mass is 16.5. The van der Waals surface area contributed by atoms with Crippen molar-refractivity contribution in [2.75, 3.05) is 4.90 Å². The molecule has 1 amide bonds. The van der Waals surface area contributed by atoms with Gasteiger partial charge in [-0.2, -0.15) is 0 Å². The van der Waals surface area contributed by atoms with E-state index in [4.69, 9.17) is 9.84 Å². The average Bonchev–Trinajstić information content (AvgIpc) is 2.42. The van der Waals surface area contributed by atoms with Crippen molar-refractivity contribution >= 4 is 23.5 Å². The number of carbonyl (C=O) groups is 3. The minimum Gasteiger partial charge on any atom is -0.481 e. The molecule has 0 saturated heterocycles. The Morgan fingerprint density at radius 1 is 1.33 bits per heavy atom. The van der Waals surface area contributed by atoms with Gasteiger partial charge in [0, 0.05) is 0 Å². The number of benzene rings is 1. The maximum absolute atomic E-state index is 12.4. The van der Waals surface area contributed by atoms with E-state index in [1.165, 1.54) is 0 Å². The molecule has 2 atom stereocenters. The van der Waals surface area contributed by atoms with Crippen LogP contribution in [-0.4, -0.2) is 40.2 Å². The molecule has 0 spiro atoms. The molecular formula is C14H15NO6. The SMILES string of the molecule is CCC(C(=O)O)N1C(=O)C(CC(=O)O)Oc2ccccc21. The summed E-state index contributed by atoms with van der Waals surface area (Å²) in [4.78, 5) is 35.7. The minimum absolute atomic E-state index is 0.204. The smallest absolute Gasteiger partial charge is 0.326 e. The summed E-state index contributed by atoms with van der Waals surface area (Å²) in [5.74, 6) is -2.67. The van der Waals surface area contributed by atoms with Crippen molar-refractivity contribution in [2.24, 2.45) is 0 Å². The first-order chi connectivity index (χ1) is 9.95. The molecule has 2 rings (SSSR count). The molecule has 21 heavy (non-hydrogen) atoms. The molecule has 2 N–H and O–H groups in total. The first-order valence-electron chi connectivity index (χ1n) is 6.49. The van der Waals surface area contributed by atoms with Gasteiger partial charge in [0.05, 0.1) is 12.1 Å². The molecule has 7 nitrogen and oxygen atoms in total. The highest BCUT2D eigenvalue weighted by molar-refractivity contribution is 6.05. The van der Waals surface area contributed by atoms with Gasteiger partial charge < -0.3 is 14.9 Å². The average molecular weight is 293 g/mol. The van der Waals surface area contributed by atoms with Crippen LogP contribution in [0.4, 0.5) is 5.69 Å². The number of ether oxygens (including phenoxy) is 1. The zero-order chi connectivity index (χ0) is 15.6. The van der Waals surface area contributed by atoms with Gasteiger partial charge in [-0.25, -0.2) is 4.79 Å². The zero-order valence-corrected chi connectivity index (χ0v) is 11.4. The molecule has 1 aromatic carbocycles. The maximum Gasteiger partial charge on any atom is 0.326 e. The van der Waals surface area contributed by atoms with Gasteiger partial charge in [-0.3, -0.25) is 14.5 Å². The quantitative estimate of drug-likeness (QED) is 0.843. The lowest BCUT2D eigenvalue weighted by atomic mass is 10.1. The summed E-state index contributed by atoms with van der Waals surface area (Å²) in [6.45, 7) is 1.65. The monoisotopic (exact) mass is 293 g/mol. The number of rotatable bonds is 5. The summed E-state index contributed by atoms with van der Waals surface area (Å²) in [6.07, 6.45) is -1.53. The number of nitrogens with zero attached hydrogens (tertiary/aromatic N) is 1. The molecule has 2 unspecified atom stereocenters. The third kappa shape index (κ3) is 2.81. The Morgan fingerprint density at radius 2 is 2.00 bits per heavy atom. The number of hydrogen-bond acceptors (Lipinski definition) is 4.